The second-order valence-corrected chi connectivity index (χ2v) is 5.56. The van der Waals surface area contributed by atoms with Gasteiger partial charge in [-0.05, 0) is 24.3 Å². The van der Waals surface area contributed by atoms with E-state index in [0.29, 0.717) is 5.92 Å². The molecule has 1 aromatic carbocycles. The fourth-order valence-electron chi connectivity index (χ4n) is 2.68. The van der Waals surface area contributed by atoms with Gasteiger partial charge in [-0.2, -0.15) is 5.26 Å². The topological polar surface area (TPSA) is 59.0 Å². The SMILES string of the molecule is CC1CCCCC1OCC(N)(C#N)c1ccccc1. The summed E-state index contributed by atoms with van der Waals surface area (Å²) >= 11 is 0. The minimum absolute atomic E-state index is 0.244. The third-order valence-corrected chi connectivity index (χ3v) is 4.05. The number of nitrogens with two attached hydrogens (primary N) is 1. The van der Waals surface area contributed by atoms with E-state index >= 15 is 0 Å². The zero-order valence-electron chi connectivity index (χ0n) is 11.5. The number of nitriles is 1. The van der Waals surface area contributed by atoms with Gasteiger partial charge in [0, 0.05) is 0 Å². The predicted molar refractivity (Wildman–Crippen MR) is 75.3 cm³/mol. The van der Waals surface area contributed by atoms with Crippen molar-refractivity contribution in [2.45, 2.75) is 44.2 Å². The molecule has 0 aromatic heterocycles. The van der Waals surface area contributed by atoms with Crippen LogP contribution in [0.2, 0.25) is 0 Å². The molecule has 2 N–H and O–H groups in total. The van der Waals surface area contributed by atoms with E-state index in [1.54, 1.807) is 0 Å². The molecular formula is C16H22N2O. The molecule has 19 heavy (non-hydrogen) atoms. The largest absolute Gasteiger partial charge is 0.375 e. The van der Waals surface area contributed by atoms with Crippen LogP contribution in [0.4, 0.5) is 0 Å². The van der Waals surface area contributed by atoms with Crippen LogP contribution in [0.5, 0.6) is 0 Å². The molecule has 0 saturated heterocycles. The van der Waals surface area contributed by atoms with E-state index in [1.807, 2.05) is 30.3 Å². The molecule has 3 heteroatoms. The van der Waals surface area contributed by atoms with Crippen LogP contribution in [-0.4, -0.2) is 12.7 Å². The lowest BCUT2D eigenvalue weighted by Crippen LogP contribution is -2.42. The Morgan fingerprint density at radius 3 is 2.63 bits per heavy atom. The molecule has 1 aliphatic carbocycles. The molecule has 0 spiro atoms. The fourth-order valence-corrected chi connectivity index (χ4v) is 2.68. The maximum absolute atomic E-state index is 9.38. The van der Waals surface area contributed by atoms with Crippen molar-refractivity contribution in [3.8, 4) is 6.07 Å². The number of ether oxygens (including phenoxy) is 1. The van der Waals surface area contributed by atoms with E-state index in [9.17, 15) is 5.26 Å². The van der Waals surface area contributed by atoms with Gasteiger partial charge in [0.05, 0.1) is 18.8 Å². The highest BCUT2D eigenvalue weighted by Crippen LogP contribution is 2.28. The molecule has 2 rings (SSSR count). The Bertz CT molecular complexity index is 440. The molecule has 3 nitrogen and oxygen atoms in total. The molecule has 1 aliphatic rings. The second kappa shape index (κ2) is 6.18. The maximum Gasteiger partial charge on any atom is 0.153 e. The normalized spacial score (nSPS) is 26.4. The lowest BCUT2D eigenvalue weighted by molar-refractivity contribution is -0.0205. The van der Waals surface area contributed by atoms with Gasteiger partial charge < -0.3 is 10.5 Å². The highest BCUT2D eigenvalue weighted by molar-refractivity contribution is 5.30. The van der Waals surface area contributed by atoms with E-state index in [0.717, 1.165) is 12.0 Å². The molecule has 102 valence electrons. The highest BCUT2D eigenvalue weighted by atomic mass is 16.5. The van der Waals surface area contributed by atoms with Crippen molar-refractivity contribution in [1.82, 2.24) is 0 Å². The lowest BCUT2D eigenvalue weighted by Gasteiger charge is -2.31. The number of benzene rings is 1. The number of hydrogen-bond donors (Lipinski definition) is 1. The Morgan fingerprint density at radius 2 is 2.00 bits per heavy atom. The first-order valence-electron chi connectivity index (χ1n) is 7.03. The Labute approximate surface area is 115 Å². The minimum Gasteiger partial charge on any atom is -0.375 e. The Hall–Kier alpha value is -1.37. The summed E-state index contributed by atoms with van der Waals surface area (Å²) in [5.74, 6) is 0.562. The molecular weight excluding hydrogens is 236 g/mol. The van der Waals surface area contributed by atoms with Gasteiger partial charge in [-0.3, -0.25) is 0 Å². The molecule has 0 heterocycles. The molecule has 0 radical (unpaired) electrons. The summed E-state index contributed by atoms with van der Waals surface area (Å²) in [6.45, 7) is 2.49. The van der Waals surface area contributed by atoms with E-state index in [4.69, 9.17) is 10.5 Å². The Balaban J connectivity index is 2.01. The molecule has 1 aromatic rings. The fraction of sp³-hybridized carbons (Fsp3) is 0.562. The molecule has 3 atom stereocenters. The summed E-state index contributed by atoms with van der Waals surface area (Å²) in [5, 5.41) is 9.38. The first kappa shape index (κ1) is 14.0. The molecule has 0 bridgehead atoms. The van der Waals surface area contributed by atoms with Crippen LogP contribution >= 0.6 is 0 Å². The number of hydrogen-bond acceptors (Lipinski definition) is 3. The number of rotatable bonds is 4. The summed E-state index contributed by atoms with van der Waals surface area (Å²) in [4.78, 5) is 0. The first-order chi connectivity index (χ1) is 9.15. The van der Waals surface area contributed by atoms with Crippen LogP contribution in [0, 0.1) is 17.2 Å². The van der Waals surface area contributed by atoms with Crippen LogP contribution in [0.1, 0.15) is 38.2 Å². The van der Waals surface area contributed by atoms with E-state index in [-0.39, 0.29) is 12.7 Å². The third kappa shape index (κ3) is 3.34. The summed E-state index contributed by atoms with van der Waals surface area (Å²) in [6, 6.07) is 11.7. The van der Waals surface area contributed by atoms with Crippen LogP contribution in [0.3, 0.4) is 0 Å². The highest BCUT2D eigenvalue weighted by Gasteiger charge is 2.30. The summed E-state index contributed by atoms with van der Waals surface area (Å²) in [5.41, 5.74) is 5.97. The average molecular weight is 258 g/mol. The second-order valence-electron chi connectivity index (χ2n) is 5.56. The average Bonchev–Trinajstić information content (AvgIpc) is 2.47. The van der Waals surface area contributed by atoms with Crippen molar-refractivity contribution in [2.24, 2.45) is 11.7 Å². The van der Waals surface area contributed by atoms with Gasteiger partial charge in [0.15, 0.2) is 5.54 Å². The van der Waals surface area contributed by atoms with Gasteiger partial charge in [0.2, 0.25) is 0 Å². The molecule has 1 fully saturated rings. The van der Waals surface area contributed by atoms with Gasteiger partial charge in [0.1, 0.15) is 0 Å². The maximum atomic E-state index is 9.38. The van der Waals surface area contributed by atoms with Crippen molar-refractivity contribution in [1.29, 1.82) is 5.26 Å². The van der Waals surface area contributed by atoms with Crippen molar-refractivity contribution in [3.63, 3.8) is 0 Å². The zero-order chi connectivity index (χ0) is 13.7. The number of nitrogens with zero attached hydrogens (tertiary/aromatic N) is 1. The third-order valence-electron chi connectivity index (χ3n) is 4.05. The minimum atomic E-state index is -1.04. The summed E-state index contributed by atoms with van der Waals surface area (Å²) in [6.07, 6.45) is 5.03. The molecule has 1 saturated carbocycles. The van der Waals surface area contributed by atoms with Crippen LogP contribution in [0.15, 0.2) is 30.3 Å². The standard InChI is InChI=1S/C16H22N2O/c1-13-7-5-6-10-15(13)19-12-16(18,11-17)14-8-3-2-4-9-14/h2-4,8-9,13,15H,5-7,10,12,18H2,1H3. The van der Waals surface area contributed by atoms with Crippen molar-refractivity contribution >= 4 is 0 Å². The summed E-state index contributed by atoms with van der Waals surface area (Å²) in [7, 11) is 0. The van der Waals surface area contributed by atoms with Crippen molar-refractivity contribution in [3.05, 3.63) is 35.9 Å². The van der Waals surface area contributed by atoms with Gasteiger partial charge >= 0.3 is 0 Å². The smallest absolute Gasteiger partial charge is 0.153 e. The quantitative estimate of drug-likeness (QED) is 0.903. The Morgan fingerprint density at radius 1 is 1.32 bits per heavy atom. The van der Waals surface area contributed by atoms with Gasteiger partial charge in [-0.25, -0.2) is 0 Å². The Kier molecular flexibility index (Phi) is 4.57. The van der Waals surface area contributed by atoms with E-state index in [2.05, 4.69) is 13.0 Å². The van der Waals surface area contributed by atoms with Gasteiger partial charge in [-0.15, -0.1) is 0 Å². The monoisotopic (exact) mass is 258 g/mol. The van der Waals surface area contributed by atoms with E-state index in [1.165, 1.54) is 19.3 Å². The van der Waals surface area contributed by atoms with Crippen LogP contribution in [-0.2, 0) is 10.3 Å². The zero-order valence-corrected chi connectivity index (χ0v) is 11.5. The van der Waals surface area contributed by atoms with Crippen LogP contribution in [0.25, 0.3) is 0 Å². The van der Waals surface area contributed by atoms with Crippen molar-refractivity contribution < 1.29 is 4.74 Å². The molecule has 0 aliphatic heterocycles. The first-order valence-corrected chi connectivity index (χ1v) is 7.03. The van der Waals surface area contributed by atoms with E-state index < -0.39 is 5.54 Å². The molecule has 3 unspecified atom stereocenters. The van der Waals surface area contributed by atoms with Crippen LogP contribution < -0.4 is 5.73 Å². The van der Waals surface area contributed by atoms with Gasteiger partial charge in [0.25, 0.3) is 0 Å². The predicted octanol–water partition coefficient (Wildman–Crippen LogP) is 2.96. The molecule has 0 amide bonds. The summed E-state index contributed by atoms with van der Waals surface area (Å²) < 4.78 is 5.96. The van der Waals surface area contributed by atoms with Gasteiger partial charge in [-0.1, -0.05) is 50.1 Å². The van der Waals surface area contributed by atoms with Crippen molar-refractivity contribution in [2.75, 3.05) is 6.61 Å². The lowest BCUT2D eigenvalue weighted by atomic mass is 9.87.